The molecule has 2 aliphatic rings. The predicted octanol–water partition coefficient (Wildman–Crippen LogP) is 5.17. The van der Waals surface area contributed by atoms with Gasteiger partial charge in [0.2, 0.25) is 5.91 Å². The number of ether oxygens (including phenoxy) is 1. The number of piperazine rings is 1. The van der Waals surface area contributed by atoms with Crippen LogP contribution in [0.15, 0.2) is 35.1 Å². The summed E-state index contributed by atoms with van der Waals surface area (Å²) in [6, 6.07) is 9.86. The van der Waals surface area contributed by atoms with E-state index in [0.717, 1.165) is 62.6 Å². The number of fused-ring (bicyclic) bond motifs is 1. The van der Waals surface area contributed by atoms with Gasteiger partial charge in [-0.3, -0.25) is 14.5 Å². The number of carbonyl (C=O) groups is 2. The summed E-state index contributed by atoms with van der Waals surface area (Å²) >= 11 is 0. The first-order chi connectivity index (χ1) is 18.9. The Kier molecular flexibility index (Phi) is 9.28. The van der Waals surface area contributed by atoms with Gasteiger partial charge < -0.3 is 19.1 Å². The van der Waals surface area contributed by atoms with Crippen LogP contribution in [0.3, 0.4) is 0 Å². The molecule has 0 bridgehead atoms. The molecule has 8 heteroatoms. The fraction of sp³-hybridized carbons (Fsp3) is 0.656. The minimum atomic E-state index is -0.501. The van der Waals surface area contributed by atoms with Crippen LogP contribution in [0.5, 0.6) is 0 Å². The van der Waals surface area contributed by atoms with Gasteiger partial charge in [0.15, 0.2) is 0 Å². The number of hydrogen-bond acceptors (Lipinski definition) is 5. The molecule has 8 nitrogen and oxygen atoms in total. The van der Waals surface area contributed by atoms with Gasteiger partial charge in [0, 0.05) is 56.8 Å². The van der Waals surface area contributed by atoms with Crippen LogP contribution in [0.25, 0.3) is 10.9 Å². The zero-order valence-corrected chi connectivity index (χ0v) is 25.4. The van der Waals surface area contributed by atoms with Crippen molar-refractivity contribution in [3.05, 3.63) is 46.2 Å². The zero-order valence-electron chi connectivity index (χ0n) is 25.4. The summed E-state index contributed by atoms with van der Waals surface area (Å²) in [5.41, 5.74) is 0.566. The van der Waals surface area contributed by atoms with Crippen molar-refractivity contribution in [3.8, 4) is 0 Å². The van der Waals surface area contributed by atoms with Crippen molar-refractivity contribution in [2.75, 3.05) is 32.7 Å². The molecule has 0 N–H and O–H groups in total. The van der Waals surface area contributed by atoms with Gasteiger partial charge in [0.05, 0.1) is 12.1 Å². The number of benzene rings is 1. The maximum atomic E-state index is 14.0. The maximum absolute atomic E-state index is 14.0. The summed E-state index contributed by atoms with van der Waals surface area (Å²) in [7, 11) is 1.81. The van der Waals surface area contributed by atoms with Crippen molar-refractivity contribution in [1.29, 1.82) is 0 Å². The molecule has 1 saturated carbocycles. The minimum absolute atomic E-state index is 0.0229. The van der Waals surface area contributed by atoms with Crippen LogP contribution in [0.2, 0.25) is 0 Å². The third kappa shape index (κ3) is 7.25. The number of amides is 2. The molecule has 4 rings (SSSR count). The minimum Gasteiger partial charge on any atom is -0.444 e. The quantitative estimate of drug-likeness (QED) is 0.474. The van der Waals surface area contributed by atoms with Crippen molar-refractivity contribution in [3.63, 3.8) is 0 Å². The van der Waals surface area contributed by atoms with E-state index in [0.29, 0.717) is 25.2 Å². The molecule has 0 radical (unpaired) electrons. The fourth-order valence-electron chi connectivity index (χ4n) is 5.98. The Labute approximate surface area is 239 Å². The van der Waals surface area contributed by atoms with Gasteiger partial charge in [-0.1, -0.05) is 37.5 Å². The van der Waals surface area contributed by atoms with Crippen LogP contribution < -0.4 is 5.56 Å². The molecule has 2 heterocycles. The lowest BCUT2D eigenvalue weighted by Gasteiger charge is -2.43. The van der Waals surface area contributed by atoms with Gasteiger partial charge in [0.1, 0.15) is 5.60 Å². The first kappa shape index (κ1) is 30.1. The Balaban J connectivity index is 1.48. The largest absolute Gasteiger partial charge is 0.444 e. The highest BCUT2D eigenvalue weighted by atomic mass is 16.6. The van der Waals surface area contributed by atoms with Gasteiger partial charge in [-0.05, 0) is 71.4 Å². The highest BCUT2D eigenvalue weighted by Crippen LogP contribution is 2.31. The third-order valence-electron chi connectivity index (χ3n) is 8.55. The standard InChI is InChI=1S/C32H48N4O4/c1-31(2,3)40-30(39)35-20-18-34(19-21-35)17-16-32(4,5)36(29(38)24-12-8-7-9-13-24)23-26-22-25-14-10-11-15-27(25)33(6)28(26)37/h10-11,14-15,22,24H,7-9,12-13,16-21,23H2,1-6H3. The van der Waals surface area contributed by atoms with E-state index in [1.165, 1.54) is 6.42 Å². The Hall–Kier alpha value is -2.87. The number of aryl methyl sites for hydroxylation is 1. The van der Waals surface area contributed by atoms with E-state index < -0.39 is 11.1 Å². The van der Waals surface area contributed by atoms with E-state index in [1.807, 2.05) is 63.1 Å². The van der Waals surface area contributed by atoms with Crippen LogP contribution in [-0.2, 0) is 23.1 Å². The second-order valence-corrected chi connectivity index (χ2v) is 13.2. The highest BCUT2D eigenvalue weighted by Gasteiger charge is 2.36. The van der Waals surface area contributed by atoms with E-state index in [-0.39, 0.29) is 23.5 Å². The molecular formula is C32H48N4O4. The second-order valence-electron chi connectivity index (χ2n) is 13.2. The van der Waals surface area contributed by atoms with E-state index in [4.69, 9.17) is 4.74 Å². The molecule has 1 aromatic heterocycles. The van der Waals surface area contributed by atoms with Crippen LogP contribution in [0.4, 0.5) is 4.79 Å². The number of aromatic nitrogens is 1. The molecule has 0 spiro atoms. The summed E-state index contributed by atoms with van der Waals surface area (Å²) in [6.07, 6.45) is 5.74. The van der Waals surface area contributed by atoms with E-state index in [9.17, 15) is 14.4 Å². The second kappa shape index (κ2) is 12.3. The molecular weight excluding hydrogens is 504 g/mol. The van der Waals surface area contributed by atoms with E-state index >= 15 is 0 Å². The molecule has 2 amide bonds. The number of carbonyl (C=O) groups excluding carboxylic acids is 2. The maximum Gasteiger partial charge on any atom is 0.410 e. The molecule has 0 atom stereocenters. The topological polar surface area (TPSA) is 75.1 Å². The van der Waals surface area contributed by atoms with Crippen LogP contribution in [0, 0.1) is 5.92 Å². The molecule has 0 unspecified atom stereocenters. The van der Waals surface area contributed by atoms with Gasteiger partial charge in [-0.2, -0.15) is 0 Å². The summed E-state index contributed by atoms with van der Waals surface area (Å²) in [4.78, 5) is 46.0. The van der Waals surface area contributed by atoms with E-state index in [1.54, 1.807) is 9.47 Å². The van der Waals surface area contributed by atoms with Gasteiger partial charge in [0.25, 0.3) is 5.56 Å². The van der Waals surface area contributed by atoms with Crippen LogP contribution >= 0.6 is 0 Å². The monoisotopic (exact) mass is 552 g/mol. The zero-order chi connectivity index (χ0) is 29.1. The van der Waals surface area contributed by atoms with Gasteiger partial charge >= 0.3 is 6.09 Å². The smallest absolute Gasteiger partial charge is 0.410 e. The number of para-hydroxylation sites is 1. The van der Waals surface area contributed by atoms with E-state index in [2.05, 4.69) is 18.7 Å². The lowest BCUT2D eigenvalue weighted by Crippen LogP contribution is -2.54. The molecule has 40 heavy (non-hydrogen) atoms. The van der Waals surface area contributed by atoms with Crippen molar-refractivity contribution in [2.24, 2.45) is 13.0 Å². The average Bonchev–Trinajstić information content (AvgIpc) is 2.92. The van der Waals surface area contributed by atoms with Crippen LogP contribution in [0.1, 0.15) is 78.7 Å². The number of nitrogens with zero attached hydrogens (tertiary/aromatic N) is 4. The number of rotatable bonds is 7. The van der Waals surface area contributed by atoms with Crippen molar-refractivity contribution >= 4 is 22.9 Å². The van der Waals surface area contributed by atoms with Gasteiger partial charge in [-0.15, -0.1) is 0 Å². The van der Waals surface area contributed by atoms with Crippen molar-refractivity contribution in [1.82, 2.24) is 19.3 Å². The molecule has 1 aliphatic carbocycles. The molecule has 220 valence electrons. The summed E-state index contributed by atoms with van der Waals surface area (Å²) in [5, 5.41) is 1.00. The molecule has 1 aromatic carbocycles. The third-order valence-corrected chi connectivity index (χ3v) is 8.55. The predicted molar refractivity (Wildman–Crippen MR) is 159 cm³/mol. The Morgan fingerprint density at radius 1 is 0.975 bits per heavy atom. The normalized spacial score (nSPS) is 17.7. The Bertz CT molecular complexity index is 1250. The fourth-order valence-corrected chi connectivity index (χ4v) is 5.98. The lowest BCUT2D eigenvalue weighted by atomic mass is 9.86. The van der Waals surface area contributed by atoms with Crippen molar-refractivity contribution < 1.29 is 14.3 Å². The van der Waals surface area contributed by atoms with Crippen LogP contribution in [-0.4, -0.2) is 75.1 Å². The average molecular weight is 553 g/mol. The first-order valence-corrected chi connectivity index (χ1v) is 15.0. The molecule has 1 saturated heterocycles. The lowest BCUT2D eigenvalue weighted by molar-refractivity contribution is -0.143. The molecule has 1 aliphatic heterocycles. The summed E-state index contributed by atoms with van der Waals surface area (Å²) in [6.45, 7) is 13.9. The Morgan fingerprint density at radius 2 is 1.62 bits per heavy atom. The SMILES string of the molecule is Cn1c(=O)c(CN(C(=O)C2CCCCC2)C(C)(C)CCN2CCN(C(=O)OC(C)(C)C)CC2)cc2ccccc21. The summed E-state index contributed by atoms with van der Waals surface area (Å²) in [5.74, 6) is 0.198. The first-order valence-electron chi connectivity index (χ1n) is 15.0. The Morgan fingerprint density at radius 3 is 2.27 bits per heavy atom. The van der Waals surface area contributed by atoms with Crippen molar-refractivity contribution in [2.45, 2.75) is 90.8 Å². The van der Waals surface area contributed by atoms with Gasteiger partial charge in [-0.25, -0.2) is 4.79 Å². The molecule has 2 fully saturated rings. The molecule has 2 aromatic rings. The number of pyridine rings is 1. The number of hydrogen-bond donors (Lipinski definition) is 0. The highest BCUT2D eigenvalue weighted by molar-refractivity contribution is 5.81. The summed E-state index contributed by atoms with van der Waals surface area (Å²) < 4.78 is 7.24.